The Hall–Kier alpha value is -3.50. The first kappa shape index (κ1) is 28.0. The van der Waals surface area contributed by atoms with E-state index in [0.29, 0.717) is 61.5 Å². The van der Waals surface area contributed by atoms with Crippen LogP contribution in [0.3, 0.4) is 0 Å². The lowest BCUT2D eigenvalue weighted by Crippen LogP contribution is -2.45. The van der Waals surface area contributed by atoms with E-state index in [0.717, 1.165) is 38.4 Å². The molecule has 0 unspecified atom stereocenters. The highest BCUT2D eigenvalue weighted by Crippen LogP contribution is 2.47. The predicted molar refractivity (Wildman–Crippen MR) is 158 cm³/mol. The second-order valence-corrected chi connectivity index (χ2v) is 10.2. The number of benzene rings is 2. The van der Waals surface area contributed by atoms with Crippen LogP contribution in [-0.4, -0.2) is 77.6 Å². The van der Waals surface area contributed by atoms with Gasteiger partial charge in [-0.2, -0.15) is 0 Å². The number of piperazine rings is 1. The second kappa shape index (κ2) is 12.3. The van der Waals surface area contributed by atoms with Crippen LogP contribution in [0.5, 0.6) is 11.5 Å². The summed E-state index contributed by atoms with van der Waals surface area (Å²) in [6.45, 7) is 7.76. The van der Waals surface area contributed by atoms with Crippen molar-refractivity contribution in [3.63, 3.8) is 0 Å². The summed E-state index contributed by atoms with van der Waals surface area (Å²) in [5.74, 6) is 0.479. The van der Waals surface area contributed by atoms with E-state index in [9.17, 15) is 4.79 Å². The number of carbonyl (C=O) groups is 1. The van der Waals surface area contributed by atoms with Gasteiger partial charge >= 0.3 is 0 Å². The van der Waals surface area contributed by atoms with Gasteiger partial charge in [0.1, 0.15) is 17.0 Å². The van der Waals surface area contributed by atoms with Crippen molar-refractivity contribution >= 4 is 45.8 Å². The third-order valence-corrected chi connectivity index (χ3v) is 7.80. The third-order valence-electron chi connectivity index (χ3n) is 7.05. The molecule has 4 aromatic rings. The Kier molecular flexibility index (Phi) is 8.66. The van der Waals surface area contributed by atoms with Crippen molar-refractivity contribution in [3.8, 4) is 22.6 Å². The van der Waals surface area contributed by atoms with Gasteiger partial charge in [0, 0.05) is 56.1 Å². The van der Waals surface area contributed by atoms with Gasteiger partial charge in [-0.25, -0.2) is 4.98 Å². The number of carbonyl (C=O) groups excluding carboxylic acids is 1. The van der Waals surface area contributed by atoms with Gasteiger partial charge in [-0.3, -0.25) is 19.7 Å². The summed E-state index contributed by atoms with van der Waals surface area (Å²) in [5, 5.41) is 3.51. The number of aromatic nitrogens is 3. The van der Waals surface area contributed by atoms with E-state index >= 15 is 0 Å². The van der Waals surface area contributed by atoms with Gasteiger partial charge in [-0.15, -0.1) is 0 Å². The Morgan fingerprint density at radius 1 is 0.975 bits per heavy atom. The SMILES string of the molecule is CCN1CCN(Cc2cnc3c(C(=O)Nc4cccnc4)ccc(-c4c(Cl)c(OC)cc(OC)c4Cl)c3n2)CC1. The third kappa shape index (κ3) is 5.69. The van der Waals surface area contributed by atoms with Gasteiger partial charge in [0.15, 0.2) is 0 Å². The van der Waals surface area contributed by atoms with Gasteiger partial charge in [0.05, 0.1) is 59.1 Å². The average molecular weight is 582 g/mol. The molecule has 2 aromatic carbocycles. The molecular formula is C29H30Cl2N6O3. The zero-order chi connectivity index (χ0) is 28.2. The average Bonchev–Trinajstić information content (AvgIpc) is 2.98. The molecule has 5 rings (SSSR count). The van der Waals surface area contributed by atoms with Gasteiger partial charge in [0.2, 0.25) is 0 Å². The number of nitrogens with one attached hydrogen (secondary N) is 1. The number of hydrogen-bond donors (Lipinski definition) is 1. The van der Waals surface area contributed by atoms with Crippen LogP contribution in [0, 0.1) is 0 Å². The van der Waals surface area contributed by atoms with Crippen molar-refractivity contribution < 1.29 is 14.3 Å². The van der Waals surface area contributed by atoms with Crippen LogP contribution in [0.1, 0.15) is 23.0 Å². The van der Waals surface area contributed by atoms with E-state index in [1.165, 1.54) is 14.2 Å². The molecular weight excluding hydrogens is 551 g/mol. The van der Waals surface area contributed by atoms with Crippen LogP contribution in [0.15, 0.2) is 48.9 Å². The first-order chi connectivity index (χ1) is 19.4. The molecule has 208 valence electrons. The number of nitrogens with zero attached hydrogens (tertiary/aromatic N) is 5. The van der Waals surface area contributed by atoms with E-state index in [2.05, 4.69) is 27.0 Å². The fourth-order valence-electron chi connectivity index (χ4n) is 4.85. The first-order valence-electron chi connectivity index (χ1n) is 13.0. The number of ether oxygens (including phenoxy) is 2. The van der Waals surface area contributed by atoms with Gasteiger partial charge in [-0.05, 0) is 24.7 Å². The standard InChI is InChI=1S/C29H30Cl2N6O3/c1-4-36-10-12-37(13-11-36)17-19-16-33-27-21(29(38)35-18-6-5-9-32-15-18)8-7-20(28(27)34-19)24-25(30)22(39-2)14-23(40-3)26(24)31/h5-9,14-16H,4,10-13,17H2,1-3H3,(H,35,38). The van der Waals surface area contributed by atoms with Crippen molar-refractivity contribution in [2.24, 2.45) is 0 Å². The summed E-state index contributed by atoms with van der Waals surface area (Å²) in [4.78, 5) is 32.0. The van der Waals surface area contributed by atoms with Gasteiger partial charge in [0.25, 0.3) is 5.91 Å². The maximum atomic E-state index is 13.4. The highest BCUT2D eigenvalue weighted by atomic mass is 35.5. The van der Waals surface area contributed by atoms with Crippen molar-refractivity contribution in [1.29, 1.82) is 0 Å². The lowest BCUT2D eigenvalue weighted by Gasteiger charge is -2.33. The number of likely N-dealkylation sites (N-methyl/N-ethyl adjacent to an activating group) is 1. The largest absolute Gasteiger partial charge is 0.495 e. The monoisotopic (exact) mass is 580 g/mol. The number of pyridine rings is 1. The Morgan fingerprint density at radius 2 is 1.68 bits per heavy atom. The maximum Gasteiger partial charge on any atom is 0.257 e. The van der Waals surface area contributed by atoms with Gasteiger partial charge in [-0.1, -0.05) is 36.2 Å². The first-order valence-corrected chi connectivity index (χ1v) is 13.7. The van der Waals surface area contributed by atoms with E-state index in [1.54, 1.807) is 48.9 Å². The molecule has 0 atom stereocenters. The Bertz CT molecular complexity index is 1500. The quantitative estimate of drug-likeness (QED) is 0.296. The van der Waals surface area contributed by atoms with Crippen LogP contribution in [0.4, 0.5) is 5.69 Å². The summed E-state index contributed by atoms with van der Waals surface area (Å²) in [6, 6.07) is 8.64. The topological polar surface area (TPSA) is 92.7 Å². The van der Waals surface area contributed by atoms with Crippen LogP contribution in [0.2, 0.25) is 10.0 Å². The molecule has 40 heavy (non-hydrogen) atoms. The number of anilines is 1. The molecule has 11 heteroatoms. The molecule has 9 nitrogen and oxygen atoms in total. The van der Waals surface area contributed by atoms with Crippen LogP contribution >= 0.6 is 23.2 Å². The summed E-state index contributed by atoms with van der Waals surface area (Å²) in [7, 11) is 3.05. The smallest absolute Gasteiger partial charge is 0.257 e. The molecule has 3 heterocycles. The molecule has 1 fully saturated rings. The highest BCUT2D eigenvalue weighted by Gasteiger charge is 2.24. The van der Waals surface area contributed by atoms with E-state index < -0.39 is 0 Å². The number of rotatable bonds is 8. The molecule has 1 amide bonds. The Balaban J connectivity index is 1.63. The molecule has 0 radical (unpaired) electrons. The number of amides is 1. The predicted octanol–water partition coefficient (Wildman–Crippen LogP) is 5.41. The fourth-order valence-corrected chi connectivity index (χ4v) is 5.55. The minimum atomic E-state index is -0.331. The Morgan fingerprint density at radius 3 is 2.30 bits per heavy atom. The fraction of sp³-hybridized carbons (Fsp3) is 0.310. The van der Waals surface area contributed by atoms with Crippen molar-refractivity contribution in [2.75, 3.05) is 52.3 Å². The lowest BCUT2D eigenvalue weighted by molar-refractivity contribution is 0.102. The number of hydrogen-bond acceptors (Lipinski definition) is 8. The normalized spacial score (nSPS) is 14.3. The lowest BCUT2D eigenvalue weighted by atomic mass is 9.99. The minimum Gasteiger partial charge on any atom is -0.495 e. The summed E-state index contributed by atoms with van der Waals surface area (Å²) in [6.07, 6.45) is 4.96. The highest BCUT2D eigenvalue weighted by molar-refractivity contribution is 6.41. The number of methoxy groups -OCH3 is 2. The van der Waals surface area contributed by atoms with Crippen molar-refractivity contribution in [2.45, 2.75) is 13.5 Å². The zero-order valence-electron chi connectivity index (χ0n) is 22.6. The van der Waals surface area contributed by atoms with Crippen molar-refractivity contribution in [3.05, 3.63) is 70.2 Å². The van der Waals surface area contributed by atoms with Crippen molar-refractivity contribution in [1.82, 2.24) is 24.8 Å². The molecule has 1 N–H and O–H groups in total. The van der Waals surface area contributed by atoms with Gasteiger partial charge < -0.3 is 19.7 Å². The summed E-state index contributed by atoms with van der Waals surface area (Å²) in [5.41, 5.74) is 3.75. The molecule has 2 aromatic heterocycles. The number of fused-ring (bicyclic) bond motifs is 1. The molecule has 1 aliphatic heterocycles. The Labute approximate surface area is 243 Å². The van der Waals surface area contributed by atoms with Crippen LogP contribution in [-0.2, 0) is 6.54 Å². The molecule has 0 bridgehead atoms. The maximum absolute atomic E-state index is 13.4. The number of halogens is 2. The molecule has 0 spiro atoms. The summed E-state index contributed by atoms with van der Waals surface area (Å²) < 4.78 is 11.0. The molecule has 1 aliphatic rings. The minimum absolute atomic E-state index is 0.310. The second-order valence-electron chi connectivity index (χ2n) is 9.41. The summed E-state index contributed by atoms with van der Waals surface area (Å²) >= 11 is 13.6. The van der Waals surface area contributed by atoms with E-state index in [4.69, 9.17) is 42.6 Å². The van der Waals surface area contributed by atoms with Crippen LogP contribution in [0.25, 0.3) is 22.2 Å². The molecule has 1 saturated heterocycles. The molecule has 0 aliphatic carbocycles. The zero-order valence-corrected chi connectivity index (χ0v) is 24.1. The van der Waals surface area contributed by atoms with Crippen LogP contribution < -0.4 is 14.8 Å². The molecule has 0 saturated carbocycles. The van der Waals surface area contributed by atoms with E-state index in [-0.39, 0.29) is 5.91 Å². The van der Waals surface area contributed by atoms with E-state index in [1.807, 2.05) is 0 Å².